The maximum atomic E-state index is 14.3. The highest BCUT2D eigenvalue weighted by Gasteiger charge is 2.25. The Labute approximate surface area is 141 Å². The molecule has 0 aromatic heterocycles. The van der Waals surface area contributed by atoms with Crippen LogP contribution in [0.1, 0.15) is 31.7 Å². The van der Waals surface area contributed by atoms with Crippen LogP contribution in [-0.2, 0) is 16.1 Å². The third-order valence-electron chi connectivity index (χ3n) is 5.06. The van der Waals surface area contributed by atoms with E-state index in [0.717, 1.165) is 24.9 Å². The summed E-state index contributed by atoms with van der Waals surface area (Å²) in [5.74, 6) is -0.0659. The fourth-order valence-electron chi connectivity index (χ4n) is 3.15. The fraction of sp³-hybridized carbons (Fsp3) is 0.556. The van der Waals surface area contributed by atoms with Crippen LogP contribution in [0.15, 0.2) is 18.2 Å². The largest absolute Gasteiger partial charge is 0.368 e. The lowest BCUT2D eigenvalue weighted by molar-refractivity contribution is -0.129. The van der Waals surface area contributed by atoms with Crippen LogP contribution in [0.2, 0.25) is 0 Å². The minimum absolute atomic E-state index is 0.0325. The number of halogens is 1. The maximum Gasteiger partial charge on any atom is 0.223 e. The molecule has 0 unspecified atom stereocenters. The summed E-state index contributed by atoms with van der Waals surface area (Å²) < 4.78 is 14.3. The first-order valence-electron chi connectivity index (χ1n) is 8.61. The van der Waals surface area contributed by atoms with Gasteiger partial charge in [-0.2, -0.15) is 0 Å². The van der Waals surface area contributed by atoms with Gasteiger partial charge in [0.2, 0.25) is 11.8 Å². The van der Waals surface area contributed by atoms with Crippen LogP contribution >= 0.6 is 0 Å². The first-order chi connectivity index (χ1) is 11.5. The van der Waals surface area contributed by atoms with Crippen molar-refractivity contribution in [3.05, 3.63) is 29.6 Å². The summed E-state index contributed by atoms with van der Waals surface area (Å²) in [6.07, 6.45) is 3.00. The summed E-state index contributed by atoms with van der Waals surface area (Å²) in [4.78, 5) is 27.1. The molecule has 1 saturated heterocycles. The number of amides is 2. The van der Waals surface area contributed by atoms with Gasteiger partial charge < -0.3 is 15.1 Å². The lowest BCUT2D eigenvalue weighted by Gasteiger charge is -2.35. The first kappa shape index (κ1) is 16.7. The Morgan fingerprint density at radius 2 is 1.92 bits per heavy atom. The van der Waals surface area contributed by atoms with Gasteiger partial charge in [-0.05, 0) is 25.0 Å². The summed E-state index contributed by atoms with van der Waals surface area (Å²) in [7, 11) is 0. The number of piperazine rings is 1. The van der Waals surface area contributed by atoms with E-state index < -0.39 is 0 Å². The topological polar surface area (TPSA) is 52.7 Å². The van der Waals surface area contributed by atoms with E-state index in [2.05, 4.69) is 10.2 Å². The van der Waals surface area contributed by atoms with Crippen molar-refractivity contribution < 1.29 is 14.0 Å². The van der Waals surface area contributed by atoms with Crippen molar-refractivity contribution in [2.24, 2.45) is 5.92 Å². The van der Waals surface area contributed by atoms with Gasteiger partial charge in [0, 0.05) is 56.8 Å². The number of carbonyl (C=O) groups excluding carboxylic acids is 2. The Bertz CT molecular complexity index is 623. The lowest BCUT2D eigenvalue weighted by atomic mass is 9.85. The van der Waals surface area contributed by atoms with Crippen molar-refractivity contribution in [3.8, 4) is 0 Å². The molecule has 24 heavy (non-hydrogen) atoms. The molecule has 0 radical (unpaired) electrons. The van der Waals surface area contributed by atoms with Gasteiger partial charge in [0.25, 0.3) is 0 Å². The highest BCUT2D eigenvalue weighted by molar-refractivity contribution is 5.79. The normalized spacial score (nSPS) is 18.2. The van der Waals surface area contributed by atoms with Gasteiger partial charge >= 0.3 is 0 Å². The molecule has 0 spiro atoms. The van der Waals surface area contributed by atoms with Crippen LogP contribution in [-0.4, -0.2) is 42.9 Å². The highest BCUT2D eigenvalue weighted by Crippen LogP contribution is 2.26. The number of hydrogen-bond acceptors (Lipinski definition) is 3. The van der Waals surface area contributed by atoms with E-state index in [-0.39, 0.29) is 30.1 Å². The van der Waals surface area contributed by atoms with Crippen molar-refractivity contribution in [1.29, 1.82) is 0 Å². The summed E-state index contributed by atoms with van der Waals surface area (Å²) >= 11 is 0. The Balaban J connectivity index is 1.56. The molecule has 0 atom stereocenters. The Morgan fingerprint density at radius 1 is 1.21 bits per heavy atom. The predicted molar refractivity (Wildman–Crippen MR) is 90.1 cm³/mol. The Hall–Kier alpha value is -2.11. The number of nitrogens with zero attached hydrogens (tertiary/aromatic N) is 2. The van der Waals surface area contributed by atoms with Gasteiger partial charge in [0.1, 0.15) is 5.82 Å². The predicted octanol–water partition coefficient (Wildman–Crippen LogP) is 1.91. The molecule has 1 aliphatic heterocycles. The number of rotatable bonds is 4. The van der Waals surface area contributed by atoms with E-state index in [4.69, 9.17) is 0 Å². The second kappa shape index (κ2) is 7.20. The quantitative estimate of drug-likeness (QED) is 0.916. The van der Waals surface area contributed by atoms with Gasteiger partial charge in [0.15, 0.2) is 0 Å². The van der Waals surface area contributed by atoms with E-state index in [0.29, 0.717) is 31.7 Å². The van der Waals surface area contributed by atoms with Gasteiger partial charge in [-0.15, -0.1) is 0 Å². The number of nitrogens with one attached hydrogen (secondary N) is 1. The molecule has 130 valence electrons. The van der Waals surface area contributed by atoms with Gasteiger partial charge in [0.05, 0.1) is 0 Å². The summed E-state index contributed by atoms with van der Waals surface area (Å²) in [6, 6.07) is 5.15. The van der Waals surface area contributed by atoms with Crippen molar-refractivity contribution in [1.82, 2.24) is 10.2 Å². The minimum atomic E-state index is -0.296. The van der Waals surface area contributed by atoms with E-state index in [1.807, 2.05) is 6.07 Å². The monoisotopic (exact) mass is 333 g/mol. The molecular weight excluding hydrogens is 309 g/mol. The molecule has 1 aliphatic carbocycles. The average Bonchev–Trinajstić information content (AvgIpc) is 2.52. The molecule has 0 bridgehead atoms. The van der Waals surface area contributed by atoms with Crippen LogP contribution in [0, 0.1) is 11.7 Å². The van der Waals surface area contributed by atoms with Gasteiger partial charge in [-0.25, -0.2) is 4.39 Å². The van der Waals surface area contributed by atoms with Crippen molar-refractivity contribution in [2.75, 3.05) is 31.1 Å². The standard InChI is InChI=1S/C18H24FN3O2/c1-13(23)21-7-9-22(10-8-21)16-6-5-15(17(19)11-16)12-20-18(24)14-3-2-4-14/h5-6,11,14H,2-4,7-10,12H2,1H3,(H,20,24). The van der Waals surface area contributed by atoms with Crippen molar-refractivity contribution in [3.63, 3.8) is 0 Å². The SMILES string of the molecule is CC(=O)N1CCN(c2ccc(CNC(=O)C3CCC3)c(F)c2)CC1. The zero-order valence-electron chi connectivity index (χ0n) is 14.1. The summed E-state index contributed by atoms with van der Waals surface area (Å²) in [5.41, 5.74) is 1.33. The maximum absolute atomic E-state index is 14.3. The van der Waals surface area contributed by atoms with Crippen molar-refractivity contribution >= 4 is 17.5 Å². The number of hydrogen-bond donors (Lipinski definition) is 1. The molecule has 2 aliphatic rings. The van der Waals surface area contributed by atoms with Crippen LogP contribution in [0.25, 0.3) is 0 Å². The van der Waals surface area contributed by atoms with Crippen molar-refractivity contribution in [2.45, 2.75) is 32.7 Å². The van der Waals surface area contributed by atoms with Crippen LogP contribution < -0.4 is 10.2 Å². The number of carbonyl (C=O) groups is 2. The average molecular weight is 333 g/mol. The summed E-state index contributed by atoms with van der Waals surface area (Å²) in [6.45, 7) is 4.54. The molecule has 2 fully saturated rings. The molecule has 3 rings (SSSR count). The van der Waals surface area contributed by atoms with E-state index >= 15 is 0 Å². The van der Waals surface area contributed by atoms with Crippen LogP contribution in [0.4, 0.5) is 10.1 Å². The molecule has 1 saturated carbocycles. The van der Waals surface area contributed by atoms with E-state index in [1.54, 1.807) is 17.9 Å². The highest BCUT2D eigenvalue weighted by atomic mass is 19.1. The molecular formula is C18H24FN3O2. The zero-order chi connectivity index (χ0) is 17.1. The van der Waals surface area contributed by atoms with E-state index in [9.17, 15) is 14.0 Å². The number of anilines is 1. The smallest absolute Gasteiger partial charge is 0.223 e. The van der Waals surface area contributed by atoms with Gasteiger partial charge in [-0.1, -0.05) is 12.5 Å². The molecule has 5 nitrogen and oxygen atoms in total. The molecule has 1 heterocycles. The third kappa shape index (κ3) is 3.68. The van der Waals surface area contributed by atoms with E-state index in [1.165, 1.54) is 6.07 Å². The number of benzene rings is 1. The second-order valence-electron chi connectivity index (χ2n) is 6.61. The Morgan fingerprint density at radius 3 is 2.46 bits per heavy atom. The van der Waals surface area contributed by atoms with Crippen LogP contribution in [0.5, 0.6) is 0 Å². The molecule has 1 aromatic rings. The lowest BCUT2D eigenvalue weighted by Crippen LogP contribution is -2.48. The zero-order valence-corrected chi connectivity index (χ0v) is 14.1. The molecule has 2 amide bonds. The fourth-order valence-corrected chi connectivity index (χ4v) is 3.15. The third-order valence-corrected chi connectivity index (χ3v) is 5.06. The molecule has 1 aromatic carbocycles. The molecule has 6 heteroatoms. The first-order valence-corrected chi connectivity index (χ1v) is 8.61. The van der Waals surface area contributed by atoms with Crippen LogP contribution in [0.3, 0.4) is 0 Å². The Kier molecular flexibility index (Phi) is 5.02. The second-order valence-corrected chi connectivity index (χ2v) is 6.61. The van der Waals surface area contributed by atoms with Gasteiger partial charge in [-0.3, -0.25) is 9.59 Å². The summed E-state index contributed by atoms with van der Waals surface area (Å²) in [5, 5.41) is 2.82. The molecule has 1 N–H and O–H groups in total. The minimum Gasteiger partial charge on any atom is -0.368 e.